The quantitative estimate of drug-likeness (QED) is 0.501. The van der Waals surface area contributed by atoms with E-state index in [1.807, 2.05) is 24.3 Å². The van der Waals surface area contributed by atoms with Crippen LogP contribution in [0.3, 0.4) is 0 Å². The molecule has 2 aromatic carbocycles. The van der Waals surface area contributed by atoms with Gasteiger partial charge in [-0.1, -0.05) is 36.4 Å². The number of aromatic nitrogens is 1. The van der Waals surface area contributed by atoms with Crippen molar-refractivity contribution in [2.75, 3.05) is 0 Å². The zero-order valence-electron chi connectivity index (χ0n) is 18.0. The molecular formula is C24H25FNNaO4. The largest absolute Gasteiger partial charge is 1.00 e. The fourth-order valence-corrected chi connectivity index (χ4v) is 3.76. The van der Waals surface area contributed by atoms with Gasteiger partial charge in [-0.05, 0) is 43.7 Å². The average molecular weight is 433 g/mol. The normalized spacial score (nSPS) is 13.5. The van der Waals surface area contributed by atoms with Crippen molar-refractivity contribution in [3.63, 3.8) is 0 Å². The Kier molecular flexibility index (Phi) is 9.03. The van der Waals surface area contributed by atoms with Crippen molar-refractivity contribution in [2.45, 2.75) is 44.9 Å². The Bertz CT molecular complexity index is 1060. The molecule has 0 aliphatic carbocycles. The van der Waals surface area contributed by atoms with E-state index in [0.29, 0.717) is 0 Å². The van der Waals surface area contributed by atoms with Gasteiger partial charge in [-0.25, -0.2) is 4.39 Å². The van der Waals surface area contributed by atoms with E-state index in [2.05, 4.69) is 18.4 Å². The van der Waals surface area contributed by atoms with Gasteiger partial charge in [0.1, 0.15) is 5.82 Å². The van der Waals surface area contributed by atoms with Crippen molar-refractivity contribution in [1.82, 2.24) is 4.57 Å². The molecule has 0 bridgehead atoms. The second-order valence-electron chi connectivity index (χ2n) is 7.64. The number of aliphatic hydroxyl groups is 2. The first-order valence-corrected chi connectivity index (χ1v) is 9.91. The molecule has 5 nitrogen and oxygen atoms in total. The molecule has 2 atom stereocenters. The molecule has 1 aromatic heterocycles. The number of hydrogen-bond acceptors (Lipinski definition) is 4. The molecule has 0 fully saturated rings. The zero-order valence-corrected chi connectivity index (χ0v) is 20.0. The van der Waals surface area contributed by atoms with E-state index >= 15 is 0 Å². The van der Waals surface area contributed by atoms with Gasteiger partial charge in [0.15, 0.2) is 0 Å². The Balaban J connectivity index is 0.00000341. The van der Waals surface area contributed by atoms with Gasteiger partial charge < -0.3 is 24.7 Å². The van der Waals surface area contributed by atoms with Gasteiger partial charge in [-0.2, -0.15) is 0 Å². The number of aliphatic carboxylic acids is 1. The Hall–Kier alpha value is -1.96. The molecule has 7 heteroatoms. The Morgan fingerprint density at radius 2 is 1.77 bits per heavy atom. The van der Waals surface area contributed by atoms with Gasteiger partial charge in [0.25, 0.3) is 0 Å². The minimum absolute atomic E-state index is 0. The summed E-state index contributed by atoms with van der Waals surface area (Å²) in [5.41, 5.74) is 3.61. The summed E-state index contributed by atoms with van der Waals surface area (Å²) in [6, 6.07) is 14.3. The molecule has 3 rings (SSSR count). The van der Waals surface area contributed by atoms with E-state index in [4.69, 9.17) is 0 Å². The third kappa shape index (κ3) is 6.05. The van der Waals surface area contributed by atoms with Crippen molar-refractivity contribution in [2.24, 2.45) is 0 Å². The van der Waals surface area contributed by atoms with Crippen LogP contribution in [0.1, 0.15) is 38.4 Å². The number of benzene rings is 2. The summed E-state index contributed by atoms with van der Waals surface area (Å²) in [5, 5.41) is 31.6. The minimum atomic E-state index is -1.36. The molecule has 158 valence electrons. The molecule has 0 saturated carbocycles. The fourth-order valence-electron chi connectivity index (χ4n) is 3.76. The van der Waals surface area contributed by atoms with Crippen molar-refractivity contribution >= 4 is 22.9 Å². The zero-order chi connectivity index (χ0) is 21.8. The molecule has 0 aliphatic heterocycles. The first-order chi connectivity index (χ1) is 14.3. The Morgan fingerprint density at radius 1 is 1.13 bits per heavy atom. The maximum absolute atomic E-state index is 13.5. The number of hydrogen-bond donors (Lipinski definition) is 2. The molecule has 3 aromatic rings. The first kappa shape index (κ1) is 25.3. The summed E-state index contributed by atoms with van der Waals surface area (Å²) in [6.45, 7) is 4.11. The number of carboxylic acids is 1. The van der Waals surface area contributed by atoms with E-state index < -0.39 is 24.6 Å². The van der Waals surface area contributed by atoms with E-state index in [-0.39, 0.29) is 47.8 Å². The number of halogens is 1. The van der Waals surface area contributed by atoms with Crippen LogP contribution in [0.15, 0.2) is 54.6 Å². The van der Waals surface area contributed by atoms with Crippen LogP contribution in [0, 0.1) is 5.82 Å². The molecular weight excluding hydrogens is 408 g/mol. The predicted molar refractivity (Wildman–Crippen MR) is 113 cm³/mol. The summed E-state index contributed by atoms with van der Waals surface area (Å²) in [6.07, 6.45) is 0.450. The van der Waals surface area contributed by atoms with Crippen LogP contribution in [0.4, 0.5) is 4.39 Å². The maximum Gasteiger partial charge on any atom is 1.00 e. The fraction of sp³-hybridized carbons (Fsp3) is 0.292. The molecule has 0 spiro atoms. The van der Waals surface area contributed by atoms with Gasteiger partial charge in [0.2, 0.25) is 0 Å². The van der Waals surface area contributed by atoms with Crippen LogP contribution < -0.4 is 34.7 Å². The number of rotatable bonds is 8. The Labute approximate surface area is 203 Å². The number of carbonyl (C=O) groups is 1. The van der Waals surface area contributed by atoms with Crippen LogP contribution in [-0.4, -0.2) is 33.0 Å². The monoisotopic (exact) mass is 433 g/mol. The molecule has 1 heterocycles. The molecule has 0 aliphatic rings. The summed E-state index contributed by atoms with van der Waals surface area (Å²) in [4.78, 5) is 10.6. The van der Waals surface area contributed by atoms with Gasteiger partial charge in [-0.15, -0.1) is 0 Å². The molecule has 0 unspecified atom stereocenters. The van der Waals surface area contributed by atoms with Crippen LogP contribution in [0.2, 0.25) is 0 Å². The second kappa shape index (κ2) is 11.1. The number of carbonyl (C=O) groups excluding carboxylic acids is 1. The SMILES string of the molecule is CC(C)n1c(/C=C/[C@H](O)C[C@H](O)CC(=O)[O-])c(-c2ccc(F)cc2)c2ccccc21.[Na+]. The predicted octanol–water partition coefficient (Wildman–Crippen LogP) is 0.297. The van der Waals surface area contributed by atoms with E-state index in [0.717, 1.165) is 27.7 Å². The minimum Gasteiger partial charge on any atom is -0.550 e. The molecule has 0 saturated heterocycles. The summed E-state index contributed by atoms with van der Waals surface area (Å²) < 4.78 is 15.6. The van der Waals surface area contributed by atoms with E-state index in [9.17, 15) is 24.5 Å². The Morgan fingerprint density at radius 3 is 2.39 bits per heavy atom. The topological polar surface area (TPSA) is 85.5 Å². The average Bonchev–Trinajstić information content (AvgIpc) is 3.00. The summed E-state index contributed by atoms with van der Waals surface area (Å²) in [5.74, 6) is -1.68. The third-order valence-corrected chi connectivity index (χ3v) is 4.99. The number of nitrogens with zero attached hydrogens (tertiary/aromatic N) is 1. The maximum atomic E-state index is 13.5. The number of carboxylic acid groups (broad SMARTS) is 1. The first-order valence-electron chi connectivity index (χ1n) is 9.91. The number of aliphatic hydroxyl groups excluding tert-OH is 2. The van der Waals surface area contributed by atoms with Crippen molar-refractivity contribution in [3.8, 4) is 11.1 Å². The summed E-state index contributed by atoms with van der Waals surface area (Å²) in [7, 11) is 0. The molecule has 2 N–H and O–H groups in total. The summed E-state index contributed by atoms with van der Waals surface area (Å²) >= 11 is 0. The van der Waals surface area contributed by atoms with Gasteiger partial charge in [0, 0.05) is 47.0 Å². The van der Waals surface area contributed by atoms with Gasteiger partial charge >= 0.3 is 29.6 Å². The molecule has 31 heavy (non-hydrogen) atoms. The molecule has 0 radical (unpaired) electrons. The smallest absolute Gasteiger partial charge is 0.550 e. The third-order valence-electron chi connectivity index (χ3n) is 4.99. The van der Waals surface area contributed by atoms with Crippen molar-refractivity contribution in [1.29, 1.82) is 0 Å². The van der Waals surface area contributed by atoms with E-state index in [1.165, 1.54) is 12.1 Å². The van der Waals surface area contributed by atoms with Crippen LogP contribution in [0.5, 0.6) is 0 Å². The van der Waals surface area contributed by atoms with Crippen LogP contribution in [0.25, 0.3) is 28.1 Å². The molecule has 0 amide bonds. The number of fused-ring (bicyclic) bond motifs is 1. The van der Waals surface area contributed by atoms with Gasteiger partial charge in [-0.3, -0.25) is 0 Å². The van der Waals surface area contributed by atoms with Crippen LogP contribution in [-0.2, 0) is 4.79 Å². The van der Waals surface area contributed by atoms with E-state index in [1.54, 1.807) is 24.3 Å². The van der Waals surface area contributed by atoms with Crippen molar-refractivity contribution < 1.29 is 54.1 Å². The van der Waals surface area contributed by atoms with Gasteiger partial charge in [0.05, 0.1) is 12.2 Å². The standard InChI is InChI=1S/C24H26FNO4.Na/c1-15(2)26-21-6-4-3-5-20(21)24(16-7-9-17(25)10-8-16)22(26)12-11-18(27)13-19(28)14-23(29)30;/h3-12,15,18-19,27-28H,13-14H2,1-2H3,(H,29,30);/q;+1/p-1/b12-11+;/t18-,19-;/m0./s1. The number of para-hydroxylation sites is 1. The van der Waals surface area contributed by atoms with Crippen LogP contribution >= 0.6 is 0 Å². The van der Waals surface area contributed by atoms with Crippen molar-refractivity contribution in [3.05, 3.63) is 66.1 Å². The second-order valence-corrected chi connectivity index (χ2v) is 7.64.